The Morgan fingerprint density at radius 1 is 1.17 bits per heavy atom. The van der Waals surface area contributed by atoms with E-state index in [1.165, 1.54) is 16.7 Å². The van der Waals surface area contributed by atoms with Crippen molar-refractivity contribution < 1.29 is 14.7 Å². The molecule has 3 heterocycles. The number of carbonyl (C=O) groups excluding carboxylic acids is 1. The predicted octanol–water partition coefficient (Wildman–Crippen LogP) is 3.04. The average Bonchev–Trinajstić information content (AvgIpc) is 3.12. The molecule has 0 saturated carbocycles. The lowest BCUT2D eigenvalue weighted by atomic mass is 10.0. The second-order valence-corrected chi connectivity index (χ2v) is 10.6. The number of likely N-dealkylation sites (N-methyl/N-ethyl adjacent to an activating group) is 1. The van der Waals surface area contributed by atoms with Gasteiger partial charge in [-0.05, 0) is 37.9 Å². The summed E-state index contributed by atoms with van der Waals surface area (Å²) in [5.41, 5.74) is 1.04. The summed E-state index contributed by atoms with van der Waals surface area (Å²) >= 11 is 6.59. The molecule has 194 valence electrons. The third-order valence-electron chi connectivity index (χ3n) is 6.62. The summed E-state index contributed by atoms with van der Waals surface area (Å²) in [6.45, 7) is 10.8. The van der Waals surface area contributed by atoms with E-state index in [2.05, 4.69) is 29.7 Å². The number of pyridine rings is 1. The highest BCUT2D eigenvalue weighted by molar-refractivity contribution is 8.26. The van der Waals surface area contributed by atoms with E-state index < -0.39 is 5.97 Å². The molecule has 1 amide bonds. The first-order valence-electron chi connectivity index (χ1n) is 12.3. The fraction of sp³-hybridized carbons (Fsp3) is 0.560. The number of carbonyl (C=O) groups is 2. The van der Waals surface area contributed by atoms with Crippen molar-refractivity contribution in [1.29, 1.82) is 5.26 Å². The van der Waals surface area contributed by atoms with E-state index in [-0.39, 0.29) is 30.0 Å². The monoisotopic (exact) mass is 531 g/mol. The number of nitrogens with zero attached hydrogens (tertiary/aromatic N) is 5. The maximum absolute atomic E-state index is 13.4. The topological polar surface area (TPSA) is 110 Å². The summed E-state index contributed by atoms with van der Waals surface area (Å²) < 4.78 is 2.09. The molecule has 1 N–H and O–H groups in total. The van der Waals surface area contributed by atoms with Crippen LogP contribution in [0.3, 0.4) is 0 Å². The molecule has 1 aromatic heterocycles. The maximum atomic E-state index is 13.4. The molecule has 0 spiro atoms. The number of hydrogen-bond donors (Lipinski definition) is 1. The lowest BCUT2D eigenvalue weighted by molar-refractivity contribution is -0.137. The first kappa shape index (κ1) is 27.9. The van der Waals surface area contributed by atoms with Gasteiger partial charge in [0.05, 0.1) is 4.91 Å². The Balaban J connectivity index is 2.10. The zero-order chi connectivity index (χ0) is 26.4. The van der Waals surface area contributed by atoms with Crippen LogP contribution in [-0.4, -0.2) is 74.9 Å². The highest BCUT2D eigenvalue weighted by Crippen LogP contribution is 2.36. The van der Waals surface area contributed by atoms with E-state index in [0.717, 1.165) is 51.4 Å². The summed E-state index contributed by atoms with van der Waals surface area (Å²) in [7, 11) is 0. The largest absolute Gasteiger partial charge is 0.481 e. The van der Waals surface area contributed by atoms with Gasteiger partial charge in [-0.25, -0.2) is 0 Å². The summed E-state index contributed by atoms with van der Waals surface area (Å²) in [5, 5.41) is 18.8. The van der Waals surface area contributed by atoms with Gasteiger partial charge in [0, 0.05) is 51.3 Å². The minimum absolute atomic E-state index is 0.0446. The van der Waals surface area contributed by atoms with Gasteiger partial charge < -0.3 is 14.9 Å². The van der Waals surface area contributed by atoms with Crippen LogP contribution >= 0.6 is 24.0 Å². The number of aromatic nitrogens is 1. The summed E-state index contributed by atoms with van der Waals surface area (Å²) in [5.74, 6) is -0.448. The van der Waals surface area contributed by atoms with E-state index in [4.69, 9.17) is 17.3 Å². The summed E-state index contributed by atoms with van der Waals surface area (Å²) in [6, 6.07) is 2.09. The average molecular weight is 532 g/mol. The van der Waals surface area contributed by atoms with Crippen molar-refractivity contribution in [1.82, 2.24) is 14.4 Å². The molecule has 0 aliphatic carbocycles. The van der Waals surface area contributed by atoms with E-state index in [0.29, 0.717) is 33.3 Å². The van der Waals surface area contributed by atoms with Crippen LogP contribution in [0, 0.1) is 18.3 Å². The van der Waals surface area contributed by atoms with E-state index >= 15 is 0 Å². The Kier molecular flexibility index (Phi) is 9.70. The van der Waals surface area contributed by atoms with Crippen molar-refractivity contribution in [3.8, 4) is 6.07 Å². The van der Waals surface area contributed by atoms with Gasteiger partial charge >= 0.3 is 5.97 Å². The molecule has 1 aromatic rings. The zero-order valence-electron chi connectivity index (χ0n) is 21.1. The third-order valence-corrected chi connectivity index (χ3v) is 8.00. The van der Waals surface area contributed by atoms with Crippen molar-refractivity contribution in [3.05, 3.63) is 31.9 Å². The first-order valence-corrected chi connectivity index (χ1v) is 13.6. The van der Waals surface area contributed by atoms with Crippen molar-refractivity contribution >= 4 is 52.1 Å². The van der Waals surface area contributed by atoms with Gasteiger partial charge in [0.25, 0.3) is 11.5 Å². The van der Waals surface area contributed by atoms with Crippen molar-refractivity contribution in [3.63, 3.8) is 0 Å². The number of aliphatic carboxylic acids is 1. The number of thiocarbonyl (C=S) groups is 1. The maximum Gasteiger partial charge on any atom is 0.303 e. The Morgan fingerprint density at radius 3 is 2.44 bits per heavy atom. The number of amides is 1. The van der Waals surface area contributed by atoms with Gasteiger partial charge in [-0.15, -0.1) is 0 Å². The standard InChI is InChI=1S/C25H33N5O4S2/c1-4-6-9-29-22(28-13-11-27(5-2)12-14-28)18(17(3)19(16-26)23(29)33)15-20-24(34)30(25(35)36-20)10-7-8-21(31)32/h15H,4-14H2,1-3H3,(H,31,32)/b20-15+. The number of rotatable bonds is 10. The zero-order valence-corrected chi connectivity index (χ0v) is 22.7. The van der Waals surface area contributed by atoms with E-state index in [1.807, 2.05) is 0 Å². The van der Waals surface area contributed by atoms with Gasteiger partial charge in [0.2, 0.25) is 0 Å². The van der Waals surface area contributed by atoms with Crippen LogP contribution in [0.5, 0.6) is 0 Å². The minimum Gasteiger partial charge on any atom is -0.481 e. The van der Waals surface area contributed by atoms with Crippen LogP contribution < -0.4 is 10.5 Å². The molecule has 11 heteroatoms. The first-order chi connectivity index (χ1) is 17.2. The molecule has 2 aliphatic heterocycles. The molecule has 0 aromatic carbocycles. The second kappa shape index (κ2) is 12.5. The smallest absolute Gasteiger partial charge is 0.303 e. The normalized spacial score (nSPS) is 17.8. The Bertz CT molecular complexity index is 1160. The number of carboxylic acid groups (broad SMARTS) is 1. The molecule has 0 unspecified atom stereocenters. The van der Waals surface area contributed by atoms with Crippen LogP contribution in [0.1, 0.15) is 56.2 Å². The number of unbranched alkanes of at least 4 members (excludes halogenated alkanes) is 1. The van der Waals surface area contributed by atoms with Crippen molar-refractivity contribution in [2.45, 2.75) is 53.0 Å². The van der Waals surface area contributed by atoms with Crippen molar-refractivity contribution in [2.24, 2.45) is 0 Å². The Morgan fingerprint density at radius 2 is 1.86 bits per heavy atom. The highest BCUT2D eigenvalue weighted by Gasteiger charge is 2.33. The molecule has 36 heavy (non-hydrogen) atoms. The molecule has 0 bridgehead atoms. The van der Waals surface area contributed by atoms with E-state index in [1.54, 1.807) is 17.6 Å². The Hall–Kier alpha value is -2.68. The van der Waals surface area contributed by atoms with E-state index in [9.17, 15) is 19.6 Å². The fourth-order valence-corrected chi connectivity index (χ4v) is 5.79. The van der Waals surface area contributed by atoms with Gasteiger partial charge in [0.1, 0.15) is 21.8 Å². The molecular weight excluding hydrogens is 498 g/mol. The number of piperazine rings is 1. The SMILES string of the molecule is CCCCn1c(N2CCN(CC)CC2)c(/C=C2/SC(=S)N(CCCC(=O)O)C2=O)c(C)c(C#N)c1=O. The molecule has 2 fully saturated rings. The number of anilines is 1. The number of carboxylic acids is 1. The lowest BCUT2D eigenvalue weighted by Gasteiger charge is -2.37. The third kappa shape index (κ3) is 5.99. The molecule has 0 atom stereocenters. The number of nitriles is 1. The quantitative estimate of drug-likeness (QED) is 0.360. The molecular formula is C25H33N5O4S2. The fourth-order valence-electron chi connectivity index (χ4n) is 4.50. The van der Waals surface area contributed by atoms with Gasteiger partial charge in [0.15, 0.2) is 0 Å². The van der Waals surface area contributed by atoms with Crippen molar-refractivity contribution in [2.75, 3.05) is 44.2 Å². The molecule has 9 nitrogen and oxygen atoms in total. The lowest BCUT2D eigenvalue weighted by Crippen LogP contribution is -2.48. The van der Waals surface area contributed by atoms with Gasteiger partial charge in [-0.1, -0.05) is 44.2 Å². The number of hydrogen-bond acceptors (Lipinski definition) is 8. The molecule has 2 saturated heterocycles. The van der Waals surface area contributed by atoms with Crippen LogP contribution in [-0.2, 0) is 16.1 Å². The highest BCUT2D eigenvalue weighted by atomic mass is 32.2. The van der Waals surface area contributed by atoms with Gasteiger partial charge in [-0.3, -0.25) is 23.9 Å². The van der Waals surface area contributed by atoms with Crippen LogP contribution in [0.15, 0.2) is 9.70 Å². The second-order valence-electron chi connectivity index (χ2n) is 8.91. The minimum atomic E-state index is -0.919. The molecule has 3 rings (SSSR count). The van der Waals surface area contributed by atoms with Crippen LogP contribution in [0.25, 0.3) is 6.08 Å². The van der Waals surface area contributed by atoms with Crippen LogP contribution in [0.4, 0.5) is 5.82 Å². The summed E-state index contributed by atoms with van der Waals surface area (Å²) in [6.07, 6.45) is 3.71. The molecule has 2 aliphatic rings. The number of thioether (sulfide) groups is 1. The van der Waals surface area contributed by atoms with Crippen LogP contribution in [0.2, 0.25) is 0 Å². The Labute approximate surface area is 221 Å². The molecule has 0 radical (unpaired) electrons. The van der Waals surface area contributed by atoms with Gasteiger partial charge in [-0.2, -0.15) is 5.26 Å². The predicted molar refractivity (Wildman–Crippen MR) is 146 cm³/mol. The summed E-state index contributed by atoms with van der Waals surface area (Å²) in [4.78, 5) is 43.9.